The Balaban J connectivity index is 0.978. The maximum Gasteiger partial charge on any atom is 0.315 e. The van der Waals surface area contributed by atoms with E-state index < -0.39 is 0 Å². The first kappa shape index (κ1) is 20.6. The van der Waals surface area contributed by atoms with Crippen LogP contribution in [0.25, 0.3) is 0 Å². The zero-order valence-corrected chi connectivity index (χ0v) is 18.7. The van der Waals surface area contributed by atoms with Crippen LogP contribution in [0.5, 0.6) is 0 Å². The van der Waals surface area contributed by atoms with Crippen molar-refractivity contribution in [2.24, 2.45) is 29.6 Å². The molecule has 2 N–H and O–H groups in total. The minimum atomic E-state index is 0.0163. The van der Waals surface area contributed by atoms with Crippen molar-refractivity contribution < 1.29 is 9.59 Å². The number of urea groups is 1. The van der Waals surface area contributed by atoms with Gasteiger partial charge in [-0.1, -0.05) is 19.3 Å². The lowest BCUT2D eigenvalue weighted by Crippen LogP contribution is -2.61. The van der Waals surface area contributed by atoms with E-state index in [4.69, 9.17) is 0 Å². The average Bonchev–Trinajstić information content (AvgIpc) is 2.71. The molecule has 1 saturated heterocycles. The summed E-state index contributed by atoms with van der Waals surface area (Å²) < 4.78 is 0. The molecule has 0 aromatic heterocycles. The molecular formula is C25H41N3O2. The normalized spacial score (nSPS) is 39.5. The number of unbranched alkanes of at least 4 members (excludes halogenated alkanes) is 1. The summed E-state index contributed by atoms with van der Waals surface area (Å²) in [6.07, 6.45) is 16.8. The molecule has 168 valence electrons. The Labute approximate surface area is 182 Å². The van der Waals surface area contributed by atoms with Crippen molar-refractivity contribution in [3.63, 3.8) is 0 Å². The topological polar surface area (TPSA) is 61.4 Å². The van der Waals surface area contributed by atoms with Gasteiger partial charge in [0, 0.05) is 31.6 Å². The van der Waals surface area contributed by atoms with E-state index in [-0.39, 0.29) is 11.6 Å². The number of likely N-dealkylation sites (tertiary alicyclic amines) is 1. The van der Waals surface area contributed by atoms with Gasteiger partial charge in [0.1, 0.15) is 0 Å². The molecule has 0 aromatic carbocycles. The second-order valence-electron chi connectivity index (χ2n) is 11.5. The van der Waals surface area contributed by atoms with Crippen molar-refractivity contribution in [2.45, 2.75) is 95.4 Å². The van der Waals surface area contributed by atoms with E-state index in [2.05, 4.69) is 15.5 Å². The summed E-state index contributed by atoms with van der Waals surface area (Å²) in [5, 5.41) is 6.45. The number of amides is 3. The number of carbonyl (C=O) groups is 2. The van der Waals surface area contributed by atoms with Crippen LogP contribution in [0.15, 0.2) is 0 Å². The lowest BCUT2D eigenvalue weighted by atomic mass is 9.53. The number of carbonyl (C=O) groups excluding carboxylic acids is 2. The van der Waals surface area contributed by atoms with E-state index in [1.165, 1.54) is 70.6 Å². The Morgan fingerprint density at radius 3 is 2.23 bits per heavy atom. The molecule has 4 bridgehead atoms. The quantitative estimate of drug-likeness (QED) is 0.629. The summed E-state index contributed by atoms with van der Waals surface area (Å²) >= 11 is 0. The van der Waals surface area contributed by atoms with Gasteiger partial charge in [0.25, 0.3) is 0 Å². The molecular weight excluding hydrogens is 374 g/mol. The predicted octanol–water partition coefficient (Wildman–Crippen LogP) is 4.46. The van der Waals surface area contributed by atoms with E-state index in [1.807, 2.05) is 0 Å². The highest BCUT2D eigenvalue weighted by atomic mass is 16.2. The van der Waals surface area contributed by atoms with Gasteiger partial charge in [-0.3, -0.25) is 4.79 Å². The van der Waals surface area contributed by atoms with E-state index in [9.17, 15) is 9.59 Å². The molecule has 5 saturated carbocycles. The van der Waals surface area contributed by atoms with Crippen LogP contribution in [-0.2, 0) is 4.79 Å². The first-order chi connectivity index (χ1) is 14.6. The lowest BCUT2D eigenvalue weighted by Gasteiger charge is -2.56. The summed E-state index contributed by atoms with van der Waals surface area (Å²) in [7, 11) is 0. The van der Waals surface area contributed by atoms with Gasteiger partial charge in [0.05, 0.1) is 0 Å². The third-order valence-corrected chi connectivity index (χ3v) is 9.16. The highest BCUT2D eigenvalue weighted by Gasteiger charge is 2.51. The Morgan fingerprint density at radius 2 is 1.53 bits per heavy atom. The number of nitrogens with one attached hydrogen (secondary N) is 2. The number of hydrogen-bond acceptors (Lipinski definition) is 2. The van der Waals surface area contributed by atoms with Gasteiger partial charge in [-0.15, -0.1) is 0 Å². The lowest BCUT2D eigenvalue weighted by molar-refractivity contribution is -0.134. The van der Waals surface area contributed by atoms with Crippen molar-refractivity contribution in [3.05, 3.63) is 0 Å². The van der Waals surface area contributed by atoms with Gasteiger partial charge in [-0.2, -0.15) is 0 Å². The van der Waals surface area contributed by atoms with Crippen LogP contribution in [0.4, 0.5) is 4.79 Å². The Hall–Kier alpha value is -1.26. The second kappa shape index (κ2) is 8.70. The molecule has 0 radical (unpaired) electrons. The zero-order chi connectivity index (χ0) is 20.6. The molecule has 5 aliphatic carbocycles. The number of piperidine rings is 1. The minimum absolute atomic E-state index is 0.0163. The van der Waals surface area contributed by atoms with Crippen LogP contribution >= 0.6 is 0 Å². The molecule has 6 fully saturated rings. The van der Waals surface area contributed by atoms with Gasteiger partial charge in [-0.05, 0) is 93.8 Å². The van der Waals surface area contributed by atoms with E-state index in [0.717, 1.165) is 55.5 Å². The average molecular weight is 416 g/mol. The third kappa shape index (κ3) is 4.50. The van der Waals surface area contributed by atoms with Crippen LogP contribution in [0, 0.1) is 29.6 Å². The van der Waals surface area contributed by atoms with E-state index in [1.54, 1.807) is 0 Å². The molecule has 6 aliphatic rings. The minimum Gasteiger partial charge on any atom is -0.342 e. The molecule has 5 nitrogen and oxygen atoms in total. The molecule has 2 unspecified atom stereocenters. The number of fused-ring (bicyclic) bond motifs is 1. The summed E-state index contributed by atoms with van der Waals surface area (Å²) in [6.45, 7) is 2.64. The fourth-order valence-electron chi connectivity index (χ4n) is 8.14. The first-order valence-electron chi connectivity index (χ1n) is 12.9. The number of hydrogen-bond donors (Lipinski definition) is 2. The standard InChI is InChI=1S/C25H41N3O2/c29-23(28-10-8-21-5-1-2-6-22(21)17-28)7-3-4-9-26-24(30)27-25-14-18-11-19(15-25)13-20(12-18)16-25/h18-22H,1-17H2,(H2,26,27,30). The van der Waals surface area contributed by atoms with Crippen LogP contribution in [0.1, 0.15) is 89.9 Å². The number of rotatable bonds is 6. The van der Waals surface area contributed by atoms with Crippen molar-refractivity contribution >= 4 is 11.9 Å². The monoisotopic (exact) mass is 415 g/mol. The van der Waals surface area contributed by atoms with Crippen molar-refractivity contribution in [2.75, 3.05) is 19.6 Å². The second-order valence-corrected chi connectivity index (χ2v) is 11.5. The molecule has 1 heterocycles. The van der Waals surface area contributed by atoms with Gasteiger partial charge < -0.3 is 15.5 Å². The summed E-state index contributed by atoms with van der Waals surface area (Å²) in [5.41, 5.74) is 0.0834. The Bertz CT molecular complexity index is 613. The number of nitrogens with zero attached hydrogens (tertiary/aromatic N) is 1. The maximum absolute atomic E-state index is 12.6. The fourth-order valence-corrected chi connectivity index (χ4v) is 8.14. The summed E-state index contributed by atoms with van der Waals surface area (Å²) in [5.74, 6) is 4.51. The van der Waals surface area contributed by atoms with Gasteiger partial charge >= 0.3 is 6.03 Å². The highest BCUT2D eigenvalue weighted by Crippen LogP contribution is 2.55. The summed E-state index contributed by atoms with van der Waals surface area (Å²) in [6, 6.07) is 0.0163. The van der Waals surface area contributed by atoms with E-state index >= 15 is 0 Å². The van der Waals surface area contributed by atoms with Crippen molar-refractivity contribution in [1.82, 2.24) is 15.5 Å². The van der Waals surface area contributed by atoms with Crippen molar-refractivity contribution in [3.8, 4) is 0 Å². The van der Waals surface area contributed by atoms with Crippen molar-refractivity contribution in [1.29, 1.82) is 0 Å². The molecule has 2 atom stereocenters. The Morgan fingerprint density at radius 1 is 0.867 bits per heavy atom. The van der Waals surface area contributed by atoms with Crippen LogP contribution in [-0.4, -0.2) is 42.0 Å². The van der Waals surface area contributed by atoms with Gasteiger partial charge in [0.2, 0.25) is 5.91 Å². The molecule has 0 aromatic rings. The molecule has 1 aliphatic heterocycles. The van der Waals surface area contributed by atoms with Crippen LogP contribution in [0.2, 0.25) is 0 Å². The molecule has 30 heavy (non-hydrogen) atoms. The van der Waals surface area contributed by atoms with Gasteiger partial charge in [-0.25, -0.2) is 4.79 Å². The SMILES string of the molecule is O=C(NCCCCC(=O)N1CCC2CCCCC2C1)NC12CC3CC(CC(C3)C1)C2. The Kier molecular flexibility index (Phi) is 5.99. The smallest absolute Gasteiger partial charge is 0.315 e. The van der Waals surface area contributed by atoms with Crippen LogP contribution < -0.4 is 10.6 Å². The first-order valence-corrected chi connectivity index (χ1v) is 12.9. The molecule has 6 rings (SSSR count). The molecule has 3 amide bonds. The highest BCUT2D eigenvalue weighted by molar-refractivity contribution is 5.76. The third-order valence-electron chi connectivity index (χ3n) is 9.16. The zero-order valence-electron chi connectivity index (χ0n) is 18.7. The molecule has 5 heteroatoms. The van der Waals surface area contributed by atoms with Gasteiger partial charge in [0.15, 0.2) is 0 Å². The largest absolute Gasteiger partial charge is 0.342 e. The van der Waals surface area contributed by atoms with E-state index in [0.29, 0.717) is 18.9 Å². The molecule has 0 spiro atoms. The predicted molar refractivity (Wildman–Crippen MR) is 118 cm³/mol. The van der Waals surface area contributed by atoms with Crippen LogP contribution in [0.3, 0.4) is 0 Å². The fraction of sp³-hybridized carbons (Fsp3) is 0.920. The summed E-state index contributed by atoms with van der Waals surface area (Å²) in [4.78, 5) is 27.2. The maximum atomic E-state index is 12.6.